The van der Waals surface area contributed by atoms with E-state index in [1.165, 1.54) is 31.2 Å². The lowest BCUT2D eigenvalue weighted by Gasteiger charge is -2.16. The Morgan fingerprint density at radius 3 is 2.44 bits per heavy atom. The SMILES string of the molecule is CCC(CC)NC(=O)COC(=O)[C@H](C)NS(=O)(=O)c1cccc(Cl)c1. The number of ether oxygens (including phenoxy) is 1. The Bertz CT molecular complexity index is 704. The van der Waals surface area contributed by atoms with Crippen LogP contribution in [0.25, 0.3) is 0 Å². The highest BCUT2D eigenvalue weighted by Crippen LogP contribution is 2.15. The minimum atomic E-state index is -3.93. The van der Waals surface area contributed by atoms with E-state index in [4.69, 9.17) is 16.3 Å². The number of hydrogen-bond acceptors (Lipinski definition) is 5. The summed E-state index contributed by atoms with van der Waals surface area (Å²) in [6.07, 6.45) is 1.54. The third-order valence-electron chi connectivity index (χ3n) is 3.49. The van der Waals surface area contributed by atoms with Crippen LogP contribution >= 0.6 is 11.6 Å². The molecule has 1 amide bonds. The lowest BCUT2D eigenvalue weighted by atomic mass is 10.2. The van der Waals surface area contributed by atoms with Gasteiger partial charge in [-0.1, -0.05) is 31.5 Å². The van der Waals surface area contributed by atoms with Gasteiger partial charge < -0.3 is 10.1 Å². The molecule has 9 heteroatoms. The molecule has 25 heavy (non-hydrogen) atoms. The van der Waals surface area contributed by atoms with Crippen LogP contribution in [-0.2, 0) is 24.3 Å². The molecule has 1 rings (SSSR count). The first-order valence-electron chi connectivity index (χ1n) is 7.93. The number of halogens is 1. The highest BCUT2D eigenvalue weighted by atomic mass is 35.5. The average molecular weight is 391 g/mol. The third kappa shape index (κ3) is 7.01. The number of nitrogens with one attached hydrogen (secondary N) is 2. The second kappa shape index (κ2) is 9.74. The summed E-state index contributed by atoms with van der Waals surface area (Å²) in [6.45, 7) is 4.75. The second-order valence-electron chi connectivity index (χ2n) is 5.49. The van der Waals surface area contributed by atoms with Crippen LogP contribution in [0, 0.1) is 0 Å². The van der Waals surface area contributed by atoms with Gasteiger partial charge in [0.05, 0.1) is 4.90 Å². The van der Waals surface area contributed by atoms with E-state index >= 15 is 0 Å². The molecule has 7 nitrogen and oxygen atoms in total. The van der Waals surface area contributed by atoms with Gasteiger partial charge in [-0.25, -0.2) is 8.42 Å². The molecule has 0 radical (unpaired) electrons. The van der Waals surface area contributed by atoms with Gasteiger partial charge >= 0.3 is 5.97 Å². The molecule has 1 aromatic rings. The van der Waals surface area contributed by atoms with Crippen molar-refractivity contribution in [3.05, 3.63) is 29.3 Å². The van der Waals surface area contributed by atoms with E-state index in [9.17, 15) is 18.0 Å². The molecule has 0 saturated carbocycles. The fourth-order valence-electron chi connectivity index (χ4n) is 2.01. The Morgan fingerprint density at radius 2 is 1.88 bits per heavy atom. The smallest absolute Gasteiger partial charge is 0.324 e. The van der Waals surface area contributed by atoms with E-state index in [2.05, 4.69) is 10.0 Å². The zero-order chi connectivity index (χ0) is 19.0. The van der Waals surface area contributed by atoms with E-state index < -0.39 is 34.5 Å². The molecular weight excluding hydrogens is 368 g/mol. The van der Waals surface area contributed by atoms with Crippen LogP contribution in [0.1, 0.15) is 33.6 Å². The van der Waals surface area contributed by atoms with E-state index in [-0.39, 0.29) is 16.0 Å². The number of rotatable bonds is 9. The van der Waals surface area contributed by atoms with Crippen molar-refractivity contribution in [2.24, 2.45) is 0 Å². The van der Waals surface area contributed by atoms with Crippen molar-refractivity contribution in [3.8, 4) is 0 Å². The largest absolute Gasteiger partial charge is 0.454 e. The predicted octanol–water partition coefficient (Wildman–Crippen LogP) is 1.85. The molecular formula is C16H23ClN2O5S. The average Bonchev–Trinajstić information content (AvgIpc) is 2.57. The predicted molar refractivity (Wildman–Crippen MR) is 94.7 cm³/mol. The molecule has 0 aliphatic carbocycles. The van der Waals surface area contributed by atoms with Gasteiger partial charge in [-0.15, -0.1) is 0 Å². The molecule has 1 aromatic carbocycles. The van der Waals surface area contributed by atoms with E-state index in [0.29, 0.717) is 0 Å². The fraction of sp³-hybridized carbons (Fsp3) is 0.500. The Hall–Kier alpha value is -1.64. The minimum Gasteiger partial charge on any atom is -0.454 e. The summed E-state index contributed by atoms with van der Waals surface area (Å²) in [5, 5.41) is 2.98. The topological polar surface area (TPSA) is 102 Å². The van der Waals surface area contributed by atoms with Gasteiger partial charge in [0.2, 0.25) is 10.0 Å². The molecule has 1 atom stereocenters. The van der Waals surface area contributed by atoms with Gasteiger partial charge in [0.25, 0.3) is 5.91 Å². The van der Waals surface area contributed by atoms with E-state index in [1.54, 1.807) is 0 Å². The monoisotopic (exact) mass is 390 g/mol. The maximum atomic E-state index is 12.2. The van der Waals surface area contributed by atoms with Crippen molar-refractivity contribution in [2.45, 2.75) is 50.6 Å². The number of sulfonamides is 1. The summed E-state index contributed by atoms with van der Waals surface area (Å²) in [5.41, 5.74) is 0. The Balaban J connectivity index is 2.58. The maximum absolute atomic E-state index is 12.2. The number of esters is 1. The lowest BCUT2D eigenvalue weighted by Crippen LogP contribution is -2.42. The molecule has 0 saturated heterocycles. The molecule has 0 aromatic heterocycles. The molecule has 0 fully saturated rings. The summed E-state index contributed by atoms with van der Waals surface area (Å²) in [5.74, 6) is -1.27. The van der Waals surface area contributed by atoms with Crippen molar-refractivity contribution < 1.29 is 22.7 Å². The van der Waals surface area contributed by atoms with E-state index in [0.717, 1.165) is 12.8 Å². The van der Waals surface area contributed by atoms with Gasteiger partial charge in [-0.2, -0.15) is 4.72 Å². The summed E-state index contributed by atoms with van der Waals surface area (Å²) in [6, 6.07) is 4.52. The fourth-order valence-corrected chi connectivity index (χ4v) is 3.50. The standard InChI is InChI=1S/C16H23ClN2O5S/c1-4-13(5-2)18-15(20)10-24-16(21)11(3)19-25(22,23)14-8-6-7-12(17)9-14/h6-9,11,13,19H,4-5,10H2,1-3H3,(H,18,20)/t11-/m0/s1. The van der Waals surface area contributed by atoms with Gasteiger partial charge in [0.1, 0.15) is 6.04 Å². The number of amides is 1. The molecule has 0 aliphatic heterocycles. The van der Waals surface area contributed by atoms with Crippen LogP contribution in [0.2, 0.25) is 5.02 Å². The van der Waals surface area contributed by atoms with Crippen LogP contribution in [0.5, 0.6) is 0 Å². The molecule has 2 N–H and O–H groups in total. The highest BCUT2D eigenvalue weighted by molar-refractivity contribution is 7.89. The van der Waals surface area contributed by atoms with Gasteiger partial charge in [-0.05, 0) is 38.0 Å². The van der Waals surface area contributed by atoms with Gasteiger partial charge in [0.15, 0.2) is 6.61 Å². The van der Waals surface area contributed by atoms with Crippen molar-refractivity contribution in [1.29, 1.82) is 0 Å². The number of carbonyl (C=O) groups excluding carboxylic acids is 2. The highest BCUT2D eigenvalue weighted by Gasteiger charge is 2.24. The zero-order valence-electron chi connectivity index (χ0n) is 14.4. The van der Waals surface area contributed by atoms with Crippen LogP contribution in [-0.4, -0.2) is 39.0 Å². The van der Waals surface area contributed by atoms with Gasteiger partial charge in [-0.3, -0.25) is 9.59 Å². The van der Waals surface area contributed by atoms with Crippen molar-refractivity contribution in [3.63, 3.8) is 0 Å². The summed E-state index contributed by atoms with van der Waals surface area (Å²) < 4.78 is 31.5. The van der Waals surface area contributed by atoms with Crippen molar-refractivity contribution in [2.75, 3.05) is 6.61 Å². The summed E-state index contributed by atoms with van der Waals surface area (Å²) in [7, 11) is -3.93. The Kier molecular flexibility index (Phi) is 8.34. The van der Waals surface area contributed by atoms with Gasteiger partial charge in [0, 0.05) is 11.1 Å². The molecule has 0 unspecified atom stereocenters. The zero-order valence-corrected chi connectivity index (χ0v) is 16.0. The second-order valence-corrected chi connectivity index (χ2v) is 7.64. The maximum Gasteiger partial charge on any atom is 0.324 e. The minimum absolute atomic E-state index is 0.0185. The molecule has 0 spiro atoms. The first-order valence-corrected chi connectivity index (χ1v) is 9.79. The molecule has 0 bridgehead atoms. The first-order chi connectivity index (χ1) is 11.7. The number of benzene rings is 1. The van der Waals surface area contributed by atoms with E-state index in [1.807, 2.05) is 13.8 Å². The lowest BCUT2D eigenvalue weighted by molar-refractivity contribution is -0.150. The molecule has 140 valence electrons. The van der Waals surface area contributed by atoms with Crippen LogP contribution in [0.3, 0.4) is 0 Å². The Morgan fingerprint density at radius 1 is 1.24 bits per heavy atom. The number of carbonyl (C=O) groups is 2. The quantitative estimate of drug-likeness (QED) is 0.626. The first kappa shape index (κ1) is 21.4. The number of hydrogen-bond donors (Lipinski definition) is 2. The normalized spacial score (nSPS) is 12.7. The van der Waals surface area contributed by atoms with Crippen molar-refractivity contribution >= 4 is 33.5 Å². The summed E-state index contributed by atoms with van der Waals surface area (Å²) in [4.78, 5) is 23.5. The summed E-state index contributed by atoms with van der Waals surface area (Å²) >= 11 is 5.77. The molecule has 0 heterocycles. The molecule has 0 aliphatic rings. The van der Waals surface area contributed by atoms with Crippen molar-refractivity contribution in [1.82, 2.24) is 10.0 Å². The van der Waals surface area contributed by atoms with Crippen LogP contribution in [0.4, 0.5) is 0 Å². The Labute approximate surface area is 153 Å². The third-order valence-corrected chi connectivity index (χ3v) is 5.26. The van der Waals surface area contributed by atoms with Crippen LogP contribution < -0.4 is 10.0 Å². The van der Waals surface area contributed by atoms with Crippen LogP contribution in [0.15, 0.2) is 29.2 Å².